The number of halogens is 1. The van der Waals surface area contributed by atoms with E-state index in [1.54, 1.807) is 0 Å². The Bertz CT molecular complexity index is 358. The number of nitrogens with zero attached hydrogens (tertiary/aromatic N) is 2. The lowest BCUT2D eigenvalue weighted by Gasteiger charge is -2.11. The van der Waals surface area contributed by atoms with Crippen LogP contribution in [0.4, 0.5) is 0 Å². The molecule has 0 aromatic carbocycles. The van der Waals surface area contributed by atoms with Crippen LogP contribution in [0.1, 0.15) is 19.0 Å². The maximum atomic E-state index is 6.07. The minimum Gasteiger partial charge on any atom is -0.478 e. The molecule has 102 valence electrons. The standard InChI is InChI=1S/C13H22ClN3O/c1-4-15-10-12-11(14)6-7-13(16-12)18-9-5-8-17(2)3/h6-7,15H,4-5,8-10H2,1-3H3. The van der Waals surface area contributed by atoms with Gasteiger partial charge in [0.1, 0.15) is 0 Å². The van der Waals surface area contributed by atoms with Gasteiger partial charge in [-0.2, -0.15) is 0 Å². The Hall–Kier alpha value is -0.840. The number of rotatable bonds is 8. The van der Waals surface area contributed by atoms with Crippen LogP contribution in [-0.4, -0.2) is 43.7 Å². The van der Waals surface area contributed by atoms with Gasteiger partial charge >= 0.3 is 0 Å². The largest absolute Gasteiger partial charge is 0.478 e. The lowest BCUT2D eigenvalue weighted by molar-refractivity contribution is 0.272. The third-order valence-electron chi connectivity index (χ3n) is 2.44. The van der Waals surface area contributed by atoms with Crippen LogP contribution < -0.4 is 10.1 Å². The quantitative estimate of drug-likeness (QED) is 0.736. The highest BCUT2D eigenvalue weighted by Gasteiger charge is 2.04. The molecule has 1 aromatic heterocycles. The third kappa shape index (κ3) is 5.67. The van der Waals surface area contributed by atoms with Gasteiger partial charge in [-0.15, -0.1) is 0 Å². The maximum Gasteiger partial charge on any atom is 0.213 e. The van der Waals surface area contributed by atoms with Gasteiger partial charge in [-0.25, -0.2) is 4.98 Å². The van der Waals surface area contributed by atoms with Crippen LogP contribution in [0.3, 0.4) is 0 Å². The van der Waals surface area contributed by atoms with Gasteiger partial charge in [-0.05, 0) is 33.1 Å². The molecule has 4 nitrogen and oxygen atoms in total. The van der Waals surface area contributed by atoms with E-state index in [9.17, 15) is 0 Å². The number of aromatic nitrogens is 1. The zero-order chi connectivity index (χ0) is 13.4. The molecule has 0 spiro atoms. The molecule has 0 radical (unpaired) electrons. The minimum absolute atomic E-state index is 0.644. The summed E-state index contributed by atoms with van der Waals surface area (Å²) in [5.74, 6) is 0.644. The molecule has 1 aromatic rings. The lowest BCUT2D eigenvalue weighted by Crippen LogP contribution is -2.16. The van der Waals surface area contributed by atoms with Crippen molar-refractivity contribution in [3.63, 3.8) is 0 Å². The van der Waals surface area contributed by atoms with Crippen LogP contribution in [0.25, 0.3) is 0 Å². The minimum atomic E-state index is 0.644. The first-order valence-electron chi connectivity index (χ1n) is 6.27. The molecule has 0 saturated heterocycles. The fraction of sp³-hybridized carbons (Fsp3) is 0.615. The maximum absolute atomic E-state index is 6.07. The molecule has 0 atom stereocenters. The highest BCUT2D eigenvalue weighted by atomic mass is 35.5. The van der Waals surface area contributed by atoms with Gasteiger partial charge in [0.05, 0.1) is 17.3 Å². The van der Waals surface area contributed by atoms with Gasteiger partial charge in [0.15, 0.2) is 0 Å². The third-order valence-corrected chi connectivity index (χ3v) is 2.78. The van der Waals surface area contributed by atoms with Crippen LogP contribution in [0, 0.1) is 0 Å². The monoisotopic (exact) mass is 271 g/mol. The number of pyridine rings is 1. The van der Waals surface area contributed by atoms with Crippen LogP contribution in [-0.2, 0) is 6.54 Å². The Morgan fingerprint density at radius 3 is 2.83 bits per heavy atom. The SMILES string of the molecule is CCNCc1nc(OCCCN(C)C)ccc1Cl. The molecule has 0 bridgehead atoms. The lowest BCUT2D eigenvalue weighted by atomic mass is 10.3. The second-order valence-electron chi connectivity index (χ2n) is 4.36. The van der Waals surface area contributed by atoms with Gasteiger partial charge in [0.2, 0.25) is 5.88 Å². The van der Waals surface area contributed by atoms with E-state index < -0.39 is 0 Å². The van der Waals surface area contributed by atoms with Gasteiger partial charge in [0.25, 0.3) is 0 Å². The van der Waals surface area contributed by atoms with E-state index in [2.05, 4.69) is 36.2 Å². The van der Waals surface area contributed by atoms with Crippen LogP contribution in [0.2, 0.25) is 5.02 Å². The zero-order valence-electron chi connectivity index (χ0n) is 11.4. The second kappa shape index (κ2) is 8.29. The van der Waals surface area contributed by atoms with Crippen LogP contribution >= 0.6 is 11.6 Å². The first-order chi connectivity index (χ1) is 8.63. The van der Waals surface area contributed by atoms with Gasteiger partial charge in [-0.3, -0.25) is 0 Å². The number of ether oxygens (including phenoxy) is 1. The van der Waals surface area contributed by atoms with Crippen molar-refractivity contribution in [1.29, 1.82) is 0 Å². The molecule has 1 rings (SSSR count). The van der Waals surface area contributed by atoms with Crippen molar-refractivity contribution in [2.45, 2.75) is 19.9 Å². The number of hydrogen-bond acceptors (Lipinski definition) is 4. The summed E-state index contributed by atoms with van der Waals surface area (Å²) in [6.45, 7) is 5.30. The van der Waals surface area contributed by atoms with Crippen molar-refractivity contribution in [3.05, 3.63) is 22.8 Å². The van der Waals surface area contributed by atoms with Crippen molar-refractivity contribution in [3.8, 4) is 5.88 Å². The average Bonchev–Trinajstić information content (AvgIpc) is 2.34. The molecule has 0 aliphatic heterocycles. The van der Waals surface area contributed by atoms with E-state index in [-0.39, 0.29) is 0 Å². The van der Waals surface area contributed by atoms with Crippen molar-refractivity contribution < 1.29 is 4.74 Å². The number of hydrogen-bond donors (Lipinski definition) is 1. The van der Waals surface area contributed by atoms with E-state index in [4.69, 9.17) is 16.3 Å². The fourth-order valence-electron chi connectivity index (χ4n) is 1.47. The molecule has 0 fully saturated rings. The first kappa shape index (κ1) is 15.2. The fourth-order valence-corrected chi connectivity index (χ4v) is 1.64. The Labute approximate surface area is 114 Å². The summed E-state index contributed by atoms with van der Waals surface area (Å²) < 4.78 is 5.61. The van der Waals surface area contributed by atoms with Crippen molar-refractivity contribution >= 4 is 11.6 Å². The highest BCUT2D eigenvalue weighted by Crippen LogP contribution is 2.18. The topological polar surface area (TPSA) is 37.4 Å². The summed E-state index contributed by atoms with van der Waals surface area (Å²) in [5, 5.41) is 3.88. The van der Waals surface area contributed by atoms with E-state index in [0.29, 0.717) is 24.1 Å². The Kier molecular flexibility index (Phi) is 7.01. The highest BCUT2D eigenvalue weighted by molar-refractivity contribution is 6.31. The van der Waals surface area contributed by atoms with Crippen molar-refractivity contribution in [1.82, 2.24) is 15.2 Å². The summed E-state index contributed by atoms with van der Waals surface area (Å²) in [6, 6.07) is 3.65. The second-order valence-corrected chi connectivity index (χ2v) is 4.77. The van der Waals surface area contributed by atoms with E-state index in [1.165, 1.54) is 0 Å². The van der Waals surface area contributed by atoms with Gasteiger partial charge in [0, 0.05) is 19.2 Å². The zero-order valence-corrected chi connectivity index (χ0v) is 12.1. The Morgan fingerprint density at radius 1 is 1.39 bits per heavy atom. The summed E-state index contributed by atoms with van der Waals surface area (Å²) in [4.78, 5) is 6.53. The van der Waals surface area contributed by atoms with Crippen LogP contribution in [0.15, 0.2) is 12.1 Å². The van der Waals surface area contributed by atoms with Crippen molar-refractivity contribution in [2.75, 3.05) is 33.8 Å². The van der Waals surface area contributed by atoms with Gasteiger partial charge in [-0.1, -0.05) is 18.5 Å². The molecule has 18 heavy (non-hydrogen) atoms. The van der Waals surface area contributed by atoms with Crippen molar-refractivity contribution in [2.24, 2.45) is 0 Å². The molecule has 0 saturated carbocycles. The summed E-state index contributed by atoms with van der Waals surface area (Å²) >= 11 is 6.07. The molecular weight excluding hydrogens is 250 g/mol. The molecule has 0 aliphatic carbocycles. The number of nitrogens with one attached hydrogen (secondary N) is 1. The molecule has 5 heteroatoms. The molecular formula is C13H22ClN3O. The van der Waals surface area contributed by atoms with Gasteiger partial charge < -0.3 is 15.0 Å². The summed E-state index contributed by atoms with van der Waals surface area (Å²) in [5.41, 5.74) is 0.837. The molecule has 0 unspecified atom stereocenters. The average molecular weight is 272 g/mol. The normalized spacial score (nSPS) is 10.9. The van der Waals surface area contributed by atoms with E-state index in [1.807, 2.05) is 12.1 Å². The predicted molar refractivity (Wildman–Crippen MR) is 75.3 cm³/mol. The van der Waals surface area contributed by atoms with E-state index >= 15 is 0 Å². The Balaban J connectivity index is 2.45. The van der Waals surface area contributed by atoms with E-state index in [0.717, 1.165) is 25.2 Å². The predicted octanol–water partition coefficient (Wildman–Crippen LogP) is 2.17. The Morgan fingerprint density at radius 2 is 2.17 bits per heavy atom. The molecule has 0 amide bonds. The summed E-state index contributed by atoms with van der Waals surface area (Å²) in [6.07, 6.45) is 0.986. The smallest absolute Gasteiger partial charge is 0.213 e. The summed E-state index contributed by atoms with van der Waals surface area (Å²) in [7, 11) is 4.10. The molecule has 1 heterocycles. The first-order valence-corrected chi connectivity index (χ1v) is 6.65. The van der Waals surface area contributed by atoms with Crippen LogP contribution in [0.5, 0.6) is 5.88 Å². The molecule has 1 N–H and O–H groups in total. The molecule has 0 aliphatic rings.